The van der Waals surface area contributed by atoms with Crippen molar-refractivity contribution in [2.24, 2.45) is 0 Å². The van der Waals surface area contributed by atoms with Gasteiger partial charge in [0.15, 0.2) is 0 Å². The molecule has 0 bridgehead atoms. The van der Waals surface area contributed by atoms with Crippen LogP contribution in [0.4, 0.5) is 0 Å². The van der Waals surface area contributed by atoms with Crippen molar-refractivity contribution in [3.05, 3.63) is 0 Å². The fourth-order valence-corrected chi connectivity index (χ4v) is 1.43. The first-order valence-corrected chi connectivity index (χ1v) is 3.51. The van der Waals surface area contributed by atoms with Gasteiger partial charge < -0.3 is 14.6 Å². The molecule has 0 aromatic carbocycles. The minimum atomic E-state index is -0.241. The molecule has 10 heavy (non-hydrogen) atoms. The van der Waals surface area contributed by atoms with Crippen molar-refractivity contribution in [2.75, 3.05) is 14.2 Å². The molecule has 1 fully saturated rings. The van der Waals surface area contributed by atoms with E-state index in [0.717, 1.165) is 0 Å². The van der Waals surface area contributed by atoms with Gasteiger partial charge in [0.05, 0.1) is 18.3 Å². The molecule has 3 nitrogen and oxygen atoms in total. The van der Waals surface area contributed by atoms with Gasteiger partial charge in [-0.05, 0) is 0 Å². The molecule has 0 amide bonds. The van der Waals surface area contributed by atoms with E-state index in [2.05, 4.69) is 0 Å². The Morgan fingerprint density at radius 1 is 1.10 bits per heavy atom. The van der Waals surface area contributed by atoms with Gasteiger partial charge in [0.1, 0.15) is 0 Å². The van der Waals surface area contributed by atoms with Crippen LogP contribution in [-0.4, -0.2) is 37.6 Å². The average Bonchev–Trinajstić information content (AvgIpc) is 2.30. The molecule has 3 atom stereocenters. The predicted octanol–water partition coefficient (Wildman–Crippen LogP) is 0.171. The number of hydrogen-bond acceptors (Lipinski definition) is 3. The van der Waals surface area contributed by atoms with Crippen LogP contribution in [0.5, 0.6) is 0 Å². The Morgan fingerprint density at radius 2 is 1.50 bits per heavy atom. The largest absolute Gasteiger partial charge is 0.393 e. The van der Waals surface area contributed by atoms with E-state index in [4.69, 9.17) is 9.47 Å². The van der Waals surface area contributed by atoms with Crippen LogP contribution in [0.3, 0.4) is 0 Å². The Bertz CT molecular complexity index is 93.0. The minimum absolute atomic E-state index is 0.0833. The van der Waals surface area contributed by atoms with Crippen LogP contribution in [0.15, 0.2) is 0 Å². The summed E-state index contributed by atoms with van der Waals surface area (Å²) in [5, 5.41) is 9.17. The zero-order chi connectivity index (χ0) is 7.56. The third-order valence-corrected chi connectivity index (χ3v) is 2.03. The van der Waals surface area contributed by atoms with Gasteiger partial charge in [0.2, 0.25) is 0 Å². The Labute approximate surface area is 60.9 Å². The van der Waals surface area contributed by atoms with E-state index in [9.17, 15) is 5.11 Å². The summed E-state index contributed by atoms with van der Waals surface area (Å²) in [7, 11) is 3.30. The molecule has 0 saturated heterocycles. The van der Waals surface area contributed by atoms with Crippen molar-refractivity contribution in [3.8, 4) is 0 Å². The number of rotatable bonds is 2. The molecule has 1 rings (SSSR count). The lowest BCUT2D eigenvalue weighted by Gasteiger charge is -2.14. The molecule has 1 N–H and O–H groups in total. The summed E-state index contributed by atoms with van der Waals surface area (Å²) in [6, 6.07) is 0. The van der Waals surface area contributed by atoms with Gasteiger partial charge >= 0.3 is 0 Å². The summed E-state index contributed by atoms with van der Waals surface area (Å²) in [5.41, 5.74) is 0. The Kier molecular flexibility index (Phi) is 2.65. The van der Waals surface area contributed by atoms with Crippen LogP contribution < -0.4 is 0 Å². The van der Waals surface area contributed by atoms with E-state index in [-0.39, 0.29) is 18.3 Å². The molecule has 60 valence electrons. The standard InChI is InChI=1S/C7H14O3/c1-9-6-3-5(8)4-7(6)10-2/h5-8H,3-4H2,1-2H3/t5?,6-,7+. The molecule has 1 saturated carbocycles. The van der Waals surface area contributed by atoms with Crippen LogP contribution >= 0.6 is 0 Å². The smallest absolute Gasteiger partial charge is 0.0858 e. The van der Waals surface area contributed by atoms with E-state index >= 15 is 0 Å². The zero-order valence-corrected chi connectivity index (χ0v) is 6.41. The Morgan fingerprint density at radius 3 is 1.80 bits per heavy atom. The highest BCUT2D eigenvalue weighted by molar-refractivity contribution is 4.84. The van der Waals surface area contributed by atoms with Crippen molar-refractivity contribution in [2.45, 2.75) is 31.2 Å². The molecule has 1 aliphatic rings. The van der Waals surface area contributed by atoms with E-state index in [0.29, 0.717) is 12.8 Å². The molecule has 0 aliphatic heterocycles. The summed E-state index contributed by atoms with van der Waals surface area (Å²) in [6.45, 7) is 0. The molecule has 0 heterocycles. The first-order chi connectivity index (χ1) is 4.77. The molecule has 1 unspecified atom stereocenters. The summed E-state index contributed by atoms with van der Waals surface area (Å²) in [6.07, 6.45) is 1.33. The fourth-order valence-electron chi connectivity index (χ4n) is 1.43. The second kappa shape index (κ2) is 3.32. The van der Waals surface area contributed by atoms with E-state index in [1.165, 1.54) is 0 Å². The quantitative estimate of drug-likeness (QED) is 0.603. The monoisotopic (exact) mass is 146 g/mol. The van der Waals surface area contributed by atoms with Gasteiger partial charge in [-0.1, -0.05) is 0 Å². The summed E-state index contributed by atoms with van der Waals surface area (Å²) >= 11 is 0. The lowest BCUT2D eigenvalue weighted by Crippen LogP contribution is -2.23. The second-order valence-electron chi connectivity index (χ2n) is 2.67. The molecule has 1 aliphatic carbocycles. The molecule has 0 aromatic rings. The van der Waals surface area contributed by atoms with Crippen LogP contribution in [0.25, 0.3) is 0 Å². The van der Waals surface area contributed by atoms with E-state index in [1.807, 2.05) is 0 Å². The number of ether oxygens (including phenoxy) is 2. The first kappa shape index (κ1) is 7.98. The fraction of sp³-hybridized carbons (Fsp3) is 1.00. The van der Waals surface area contributed by atoms with Gasteiger partial charge in [-0.25, -0.2) is 0 Å². The number of hydrogen-bond donors (Lipinski definition) is 1. The van der Waals surface area contributed by atoms with Gasteiger partial charge in [0, 0.05) is 27.1 Å². The molecular weight excluding hydrogens is 132 g/mol. The van der Waals surface area contributed by atoms with Gasteiger partial charge in [-0.15, -0.1) is 0 Å². The SMILES string of the molecule is CO[C@H]1CC(O)C[C@H]1OC. The van der Waals surface area contributed by atoms with Crippen molar-refractivity contribution in [3.63, 3.8) is 0 Å². The molecule has 0 radical (unpaired) electrons. The predicted molar refractivity (Wildman–Crippen MR) is 36.8 cm³/mol. The highest BCUT2D eigenvalue weighted by Crippen LogP contribution is 2.23. The third kappa shape index (κ3) is 1.48. The molecule has 0 spiro atoms. The highest BCUT2D eigenvalue weighted by Gasteiger charge is 2.33. The minimum Gasteiger partial charge on any atom is -0.393 e. The zero-order valence-electron chi connectivity index (χ0n) is 6.41. The maximum absolute atomic E-state index is 9.17. The number of aliphatic hydroxyl groups is 1. The second-order valence-corrected chi connectivity index (χ2v) is 2.67. The van der Waals surface area contributed by atoms with E-state index in [1.54, 1.807) is 14.2 Å². The molecular formula is C7H14O3. The number of aliphatic hydroxyl groups excluding tert-OH is 1. The summed E-state index contributed by atoms with van der Waals surface area (Å²) in [4.78, 5) is 0. The Hall–Kier alpha value is -0.120. The van der Waals surface area contributed by atoms with Crippen molar-refractivity contribution >= 4 is 0 Å². The van der Waals surface area contributed by atoms with Crippen LogP contribution in [-0.2, 0) is 9.47 Å². The van der Waals surface area contributed by atoms with Crippen molar-refractivity contribution in [1.29, 1.82) is 0 Å². The first-order valence-electron chi connectivity index (χ1n) is 3.51. The van der Waals surface area contributed by atoms with Crippen LogP contribution in [0.2, 0.25) is 0 Å². The summed E-state index contributed by atoms with van der Waals surface area (Å²) < 4.78 is 10.2. The highest BCUT2D eigenvalue weighted by atomic mass is 16.5. The van der Waals surface area contributed by atoms with Crippen molar-refractivity contribution in [1.82, 2.24) is 0 Å². The molecule has 3 heteroatoms. The van der Waals surface area contributed by atoms with Crippen LogP contribution in [0.1, 0.15) is 12.8 Å². The Balaban J connectivity index is 2.41. The maximum atomic E-state index is 9.17. The lowest BCUT2D eigenvalue weighted by molar-refractivity contribution is -0.0157. The average molecular weight is 146 g/mol. The number of methoxy groups -OCH3 is 2. The maximum Gasteiger partial charge on any atom is 0.0858 e. The van der Waals surface area contributed by atoms with Gasteiger partial charge in [-0.2, -0.15) is 0 Å². The van der Waals surface area contributed by atoms with Gasteiger partial charge in [0.25, 0.3) is 0 Å². The molecule has 0 aromatic heterocycles. The van der Waals surface area contributed by atoms with Gasteiger partial charge in [-0.3, -0.25) is 0 Å². The third-order valence-electron chi connectivity index (χ3n) is 2.03. The van der Waals surface area contributed by atoms with Crippen molar-refractivity contribution < 1.29 is 14.6 Å². The van der Waals surface area contributed by atoms with Crippen LogP contribution in [0, 0.1) is 0 Å². The summed E-state index contributed by atoms with van der Waals surface area (Å²) in [5.74, 6) is 0. The normalized spacial score (nSPS) is 40.5. The topological polar surface area (TPSA) is 38.7 Å². The lowest BCUT2D eigenvalue weighted by atomic mass is 10.3. The van der Waals surface area contributed by atoms with E-state index < -0.39 is 0 Å².